The first-order valence-electron chi connectivity index (χ1n) is 7.03. The van der Waals surface area contributed by atoms with Crippen molar-refractivity contribution in [3.05, 3.63) is 69.6 Å². The van der Waals surface area contributed by atoms with Crippen molar-refractivity contribution in [3.63, 3.8) is 0 Å². The summed E-state index contributed by atoms with van der Waals surface area (Å²) < 4.78 is 6.75. The number of hydrogen-bond acceptors (Lipinski definition) is 3. The van der Waals surface area contributed by atoms with Gasteiger partial charge < -0.3 is 9.30 Å². The zero-order valence-electron chi connectivity index (χ0n) is 12.3. The highest BCUT2D eigenvalue weighted by atomic mass is 16.5. The topological polar surface area (TPSA) is 48.3 Å². The molecule has 4 nitrogen and oxygen atoms in total. The van der Waals surface area contributed by atoms with Crippen molar-refractivity contribution in [2.45, 2.75) is 26.8 Å². The minimum atomic E-state index is -0.324. The number of pyridine rings is 1. The van der Waals surface area contributed by atoms with E-state index in [4.69, 9.17) is 4.74 Å². The van der Waals surface area contributed by atoms with Crippen LogP contribution in [0.25, 0.3) is 0 Å². The molecule has 2 rings (SSSR count). The molecule has 110 valence electrons. The van der Waals surface area contributed by atoms with E-state index in [0.29, 0.717) is 18.7 Å². The number of rotatable bonds is 5. The van der Waals surface area contributed by atoms with Crippen LogP contribution in [0.15, 0.2) is 47.4 Å². The van der Waals surface area contributed by atoms with Crippen molar-refractivity contribution in [1.29, 1.82) is 0 Å². The van der Waals surface area contributed by atoms with Crippen molar-refractivity contribution in [2.75, 3.05) is 6.61 Å². The van der Waals surface area contributed by atoms with Crippen LogP contribution in [0, 0.1) is 6.92 Å². The van der Waals surface area contributed by atoms with E-state index in [1.54, 1.807) is 34.9 Å². The van der Waals surface area contributed by atoms with Gasteiger partial charge in [-0.1, -0.05) is 25.1 Å². The maximum absolute atomic E-state index is 11.8. The van der Waals surface area contributed by atoms with Gasteiger partial charge in [0.2, 0.25) is 0 Å². The third-order valence-electron chi connectivity index (χ3n) is 3.08. The van der Waals surface area contributed by atoms with E-state index < -0.39 is 0 Å². The number of hydrogen-bond donors (Lipinski definition) is 0. The van der Waals surface area contributed by atoms with Crippen LogP contribution >= 0.6 is 0 Å². The third-order valence-corrected chi connectivity index (χ3v) is 3.08. The Hall–Kier alpha value is -2.36. The van der Waals surface area contributed by atoms with Gasteiger partial charge in [-0.05, 0) is 36.6 Å². The van der Waals surface area contributed by atoms with Gasteiger partial charge in [0, 0.05) is 12.3 Å². The Labute approximate surface area is 124 Å². The number of carbonyl (C=O) groups is 1. The second-order valence-electron chi connectivity index (χ2n) is 5.01. The van der Waals surface area contributed by atoms with Gasteiger partial charge in [-0.15, -0.1) is 0 Å². The summed E-state index contributed by atoms with van der Waals surface area (Å²) in [5, 5.41) is 0. The van der Waals surface area contributed by atoms with Gasteiger partial charge in [0.15, 0.2) is 0 Å². The zero-order chi connectivity index (χ0) is 15.2. The number of nitrogens with zero attached hydrogens (tertiary/aromatic N) is 1. The first-order chi connectivity index (χ1) is 10.1. The summed E-state index contributed by atoms with van der Waals surface area (Å²) in [5.74, 6) is -0.324. The van der Waals surface area contributed by atoms with E-state index >= 15 is 0 Å². The number of carbonyl (C=O) groups excluding carboxylic acids is 1. The van der Waals surface area contributed by atoms with Crippen molar-refractivity contribution >= 4 is 5.97 Å². The molecule has 4 heteroatoms. The fourth-order valence-electron chi connectivity index (χ4n) is 2.05. The molecule has 21 heavy (non-hydrogen) atoms. The van der Waals surface area contributed by atoms with Crippen LogP contribution in [0.2, 0.25) is 0 Å². The molecular formula is C17H19NO3. The van der Waals surface area contributed by atoms with E-state index in [9.17, 15) is 9.59 Å². The fourth-order valence-corrected chi connectivity index (χ4v) is 2.05. The quantitative estimate of drug-likeness (QED) is 0.794. The molecule has 0 atom stereocenters. The summed E-state index contributed by atoms with van der Waals surface area (Å²) in [6, 6.07) is 10.5. The first kappa shape index (κ1) is 15.0. The molecule has 0 spiro atoms. The highest BCUT2D eigenvalue weighted by molar-refractivity contribution is 5.89. The molecule has 0 aliphatic carbocycles. The number of benzene rings is 1. The van der Waals surface area contributed by atoms with Crippen LogP contribution < -0.4 is 5.56 Å². The summed E-state index contributed by atoms with van der Waals surface area (Å²) in [7, 11) is 0. The van der Waals surface area contributed by atoms with E-state index in [1.165, 1.54) is 0 Å². The van der Waals surface area contributed by atoms with Gasteiger partial charge in [0.1, 0.15) is 0 Å². The second kappa shape index (κ2) is 6.88. The van der Waals surface area contributed by atoms with Gasteiger partial charge in [-0.25, -0.2) is 4.79 Å². The van der Waals surface area contributed by atoms with Crippen molar-refractivity contribution in [2.24, 2.45) is 0 Å². The van der Waals surface area contributed by atoms with E-state index in [2.05, 4.69) is 0 Å². The van der Waals surface area contributed by atoms with E-state index in [1.807, 2.05) is 26.1 Å². The summed E-state index contributed by atoms with van der Waals surface area (Å²) in [6.45, 7) is 4.75. The lowest BCUT2D eigenvalue weighted by Crippen LogP contribution is -2.19. The van der Waals surface area contributed by atoms with E-state index in [0.717, 1.165) is 17.5 Å². The lowest BCUT2D eigenvalue weighted by atomic mass is 10.1. The predicted molar refractivity (Wildman–Crippen MR) is 81.6 cm³/mol. The largest absolute Gasteiger partial charge is 0.462 e. The lowest BCUT2D eigenvalue weighted by molar-refractivity contribution is 0.0505. The Morgan fingerprint density at radius 3 is 2.81 bits per heavy atom. The first-order valence-corrected chi connectivity index (χ1v) is 7.03. The van der Waals surface area contributed by atoms with Crippen LogP contribution in [0.4, 0.5) is 0 Å². The molecule has 1 aromatic carbocycles. The Balaban J connectivity index is 2.19. The van der Waals surface area contributed by atoms with Crippen LogP contribution in [0.1, 0.15) is 34.8 Å². The van der Waals surface area contributed by atoms with Crippen LogP contribution in [0.5, 0.6) is 0 Å². The Morgan fingerprint density at radius 1 is 1.24 bits per heavy atom. The molecule has 1 aromatic heterocycles. The van der Waals surface area contributed by atoms with Gasteiger partial charge >= 0.3 is 5.97 Å². The smallest absolute Gasteiger partial charge is 0.338 e. The number of esters is 1. The van der Waals surface area contributed by atoms with E-state index in [-0.39, 0.29) is 11.5 Å². The molecule has 1 heterocycles. The fraction of sp³-hybridized carbons (Fsp3) is 0.294. The van der Waals surface area contributed by atoms with Crippen LogP contribution in [-0.4, -0.2) is 17.1 Å². The second-order valence-corrected chi connectivity index (χ2v) is 5.01. The lowest BCUT2D eigenvalue weighted by Gasteiger charge is -2.08. The third kappa shape index (κ3) is 4.05. The maximum Gasteiger partial charge on any atom is 0.338 e. The summed E-state index contributed by atoms with van der Waals surface area (Å²) in [5.41, 5.74) is 2.38. The highest BCUT2D eigenvalue weighted by Crippen LogP contribution is 2.09. The molecule has 0 bridgehead atoms. The molecule has 0 unspecified atom stereocenters. The van der Waals surface area contributed by atoms with Gasteiger partial charge in [0.05, 0.1) is 18.7 Å². The predicted octanol–water partition coefficient (Wildman–Crippen LogP) is 2.77. The molecule has 0 aliphatic heterocycles. The average Bonchev–Trinajstić information content (AvgIpc) is 2.49. The molecule has 0 saturated carbocycles. The van der Waals surface area contributed by atoms with Crippen molar-refractivity contribution < 1.29 is 9.53 Å². The van der Waals surface area contributed by atoms with Gasteiger partial charge in [0.25, 0.3) is 5.56 Å². The van der Waals surface area contributed by atoms with Crippen molar-refractivity contribution in [1.82, 2.24) is 4.57 Å². The highest BCUT2D eigenvalue weighted by Gasteiger charge is 2.07. The number of ether oxygens (including phenoxy) is 1. The Bertz CT molecular complexity index is 688. The summed E-state index contributed by atoms with van der Waals surface area (Å²) >= 11 is 0. The van der Waals surface area contributed by atoms with Crippen LogP contribution in [-0.2, 0) is 11.3 Å². The molecule has 0 N–H and O–H groups in total. The number of aryl methyl sites for hydroxylation is 1. The molecule has 2 aromatic rings. The average molecular weight is 285 g/mol. The van der Waals surface area contributed by atoms with Gasteiger partial charge in [-0.2, -0.15) is 0 Å². The standard InChI is InChI=1S/C17H19NO3/c1-3-9-21-17(20)15-6-4-5-14(10-15)12-18-11-13(2)7-8-16(18)19/h4-8,10-11H,3,9,12H2,1-2H3. The molecule has 0 fully saturated rings. The Morgan fingerprint density at radius 2 is 2.05 bits per heavy atom. The van der Waals surface area contributed by atoms with Crippen LogP contribution in [0.3, 0.4) is 0 Å². The molecule has 0 radical (unpaired) electrons. The van der Waals surface area contributed by atoms with Crippen molar-refractivity contribution in [3.8, 4) is 0 Å². The SMILES string of the molecule is CCCOC(=O)c1cccc(Cn2cc(C)ccc2=O)c1. The number of aromatic nitrogens is 1. The van der Waals surface area contributed by atoms with Gasteiger partial charge in [-0.3, -0.25) is 4.79 Å². The normalized spacial score (nSPS) is 10.4. The summed E-state index contributed by atoms with van der Waals surface area (Å²) in [6.07, 6.45) is 2.61. The Kier molecular flexibility index (Phi) is 4.93. The monoisotopic (exact) mass is 285 g/mol. The zero-order valence-corrected chi connectivity index (χ0v) is 12.3. The molecular weight excluding hydrogens is 266 g/mol. The molecule has 0 amide bonds. The molecule has 0 aliphatic rings. The minimum absolute atomic E-state index is 0.0560. The minimum Gasteiger partial charge on any atom is -0.462 e. The molecule has 0 saturated heterocycles. The maximum atomic E-state index is 11.8. The summed E-state index contributed by atoms with van der Waals surface area (Å²) in [4.78, 5) is 23.6.